The van der Waals surface area contributed by atoms with Gasteiger partial charge in [0.1, 0.15) is 5.82 Å². The van der Waals surface area contributed by atoms with Gasteiger partial charge in [-0.1, -0.05) is 0 Å². The van der Waals surface area contributed by atoms with Gasteiger partial charge in [-0.3, -0.25) is 9.88 Å². The molecule has 27 heavy (non-hydrogen) atoms. The molecule has 0 radical (unpaired) electrons. The SMILES string of the molecule is OC1CN(c2nc(-c3ccncc3)nc3c2CNC3)CC1N1CCOCC1. The molecule has 142 valence electrons. The molecule has 2 saturated heterocycles. The number of morpholine rings is 1. The van der Waals surface area contributed by atoms with Crippen molar-refractivity contribution in [1.82, 2.24) is 25.2 Å². The van der Waals surface area contributed by atoms with Crippen molar-refractivity contribution in [3.63, 3.8) is 0 Å². The number of nitrogens with one attached hydrogen (secondary N) is 1. The number of aliphatic hydroxyl groups is 1. The molecule has 0 saturated carbocycles. The maximum atomic E-state index is 10.7. The highest BCUT2D eigenvalue weighted by atomic mass is 16.5. The summed E-state index contributed by atoms with van der Waals surface area (Å²) in [5.74, 6) is 1.67. The molecule has 5 rings (SSSR count). The predicted octanol–water partition coefficient (Wildman–Crippen LogP) is 0.0235. The smallest absolute Gasteiger partial charge is 0.161 e. The van der Waals surface area contributed by atoms with E-state index in [1.165, 1.54) is 0 Å². The molecule has 0 spiro atoms. The van der Waals surface area contributed by atoms with E-state index >= 15 is 0 Å². The first-order valence-corrected chi connectivity index (χ1v) is 9.55. The Labute approximate surface area is 158 Å². The van der Waals surface area contributed by atoms with Crippen LogP contribution in [0, 0.1) is 0 Å². The molecule has 0 amide bonds. The summed E-state index contributed by atoms with van der Waals surface area (Å²) in [6.45, 7) is 6.14. The average Bonchev–Trinajstić information content (AvgIpc) is 3.35. The predicted molar refractivity (Wildman–Crippen MR) is 100 cm³/mol. The summed E-state index contributed by atoms with van der Waals surface area (Å²) in [7, 11) is 0. The highest BCUT2D eigenvalue weighted by Gasteiger charge is 2.38. The molecule has 0 aliphatic carbocycles. The van der Waals surface area contributed by atoms with Crippen molar-refractivity contribution in [1.29, 1.82) is 0 Å². The van der Waals surface area contributed by atoms with E-state index in [9.17, 15) is 5.11 Å². The Morgan fingerprint density at radius 3 is 2.70 bits per heavy atom. The zero-order valence-corrected chi connectivity index (χ0v) is 15.2. The Morgan fingerprint density at radius 2 is 1.89 bits per heavy atom. The van der Waals surface area contributed by atoms with Crippen LogP contribution in [0.25, 0.3) is 11.4 Å². The van der Waals surface area contributed by atoms with Crippen LogP contribution >= 0.6 is 0 Å². The van der Waals surface area contributed by atoms with Crippen molar-refractivity contribution in [2.75, 3.05) is 44.3 Å². The van der Waals surface area contributed by atoms with Crippen molar-refractivity contribution in [3.8, 4) is 11.4 Å². The number of nitrogens with zero attached hydrogens (tertiary/aromatic N) is 5. The molecule has 2 aromatic heterocycles. The first-order chi connectivity index (χ1) is 13.3. The Balaban J connectivity index is 1.47. The van der Waals surface area contributed by atoms with E-state index in [0.717, 1.165) is 74.4 Å². The number of pyridine rings is 1. The zero-order chi connectivity index (χ0) is 18.2. The topological polar surface area (TPSA) is 86.6 Å². The number of hydrogen-bond acceptors (Lipinski definition) is 8. The van der Waals surface area contributed by atoms with Gasteiger partial charge in [0.05, 0.1) is 31.1 Å². The first kappa shape index (κ1) is 17.0. The quantitative estimate of drug-likeness (QED) is 0.784. The number of ether oxygens (including phenoxy) is 1. The second-order valence-electron chi connectivity index (χ2n) is 7.32. The molecule has 3 aliphatic rings. The number of rotatable bonds is 3. The number of fused-ring (bicyclic) bond motifs is 1. The number of aliphatic hydroxyl groups excluding tert-OH is 1. The van der Waals surface area contributed by atoms with E-state index in [-0.39, 0.29) is 12.1 Å². The highest BCUT2D eigenvalue weighted by molar-refractivity contribution is 5.61. The number of hydrogen-bond donors (Lipinski definition) is 2. The van der Waals surface area contributed by atoms with Crippen molar-refractivity contribution in [3.05, 3.63) is 35.8 Å². The monoisotopic (exact) mass is 368 g/mol. The Bertz CT molecular complexity index is 811. The van der Waals surface area contributed by atoms with E-state index < -0.39 is 0 Å². The van der Waals surface area contributed by atoms with Crippen molar-refractivity contribution < 1.29 is 9.84 Å². The number of aromatic nitrogens is 3. The number of β-amino-alcohol motifs (C(OH)–C–C–N with tert-alkyl or cyclic N) is 1. The van der Waals surface area contributed by atoms with Crippen molar-refractivity contribution in [2.24, 2.45) is 0 Å². The van der Waals surface area contributed by atoms with E-state index in [1.807, 2.05) is 12.1 Å². The van der Waals surface area contributed by atoms with E-state index in [4.69, 9.17) is 14.7 Å². The fraction of sp³-hybridized carbons (Fsp3) is 0.526. The zero-order valence-electron chi connectivity index (χ0n) is 15.2. The van der Waals surface area contributed by atoms with E-state index in [1.54, 1.807) is 12.4 Å². The third-order valence-corrected chi connectivity index (χ3v) is 5.68. The summed E-state index contributed by atoms with van der Waals surface area (Å²) in [6, 6.07) is 3.99. The van der Waals surface area contributed by atoms with Gasteiger partial charge in [0.15, 0.2) is 5.82 Å². The van der Waals surface area contributed by atoms with Crippen LogP contribution < -0.4 is 10.2 Å². The molecule has 2 unspecified atom stereocenters. The molecular formula is C19H24N6O2. The Kier molecular flexibility index (Phi) is 4.48. The van der Waals surface area contributed by atoms with Crippen LogP contribution in [0.4, 0.5) is 5.82 Å². The van der Waals surface area contributed by atoms with Crippen LogP contribution in [0.1, 0.15) is 11.3 Å². The summed E-state index contributed by atoms with van der Waals surface area (Å²) < 4.78 is 5.46. The van der Waals surface area contributed by atoms with Crippen LogP contribution in [-0.2, 0) is 17.8 Å². The molecule has 8 heteroatoms. The molecule has 0 bridgehead atoms. The van der Waals surface area contributed by atoms with Crippen LogP contribution in [-0.4, -0.2) is 76.5 Å². The second kappa shape index (κ2) is 7.12. The third-order valence-electron chi connectivity index (χ3n) is 5.68. The van der Waals surface area contributed by atoms with Gasteiger partial charge in [0, 0.05) is 62.8 Å². The minimum Gasteiger partial charge on any atom is -0.390 e. The lowest BCUT2D eigenvalue weighted by Crippen LogP contribution is -2.48. The molecule has 2 N–H and O–H groups in total. The van der Waals surface area contributed by atoms with Gasteiger partial charge in [-0.2, -0.15) is 0 Å². The molecule has 8 nitrogen and oxygen atoms in total. The lowest BCUT2D eigenvalue weighted by molar-refractivity contribution is -0.00588. The second-order valence-corrected chi connectivity index (χ2v) is 7.32. The minimum absolute atomic E-state index is 0.123. The van der Waals surface area contributed by atoms with Gasteiger partial charge in [0.25, 0.3) is 0 Å². The number of anilines is 1. The summed E-state index contributed by atoms with van der Waals surface area (Å²) in [6.07, 6.45) is 3.14. The van der Waals surface area contributed by atoms with Crippen LogP contribution in [0.3, 0.4) is 0 Å². The molecule has 3 aliphatic heterocycles. The molecular weight excluding hydrogens is 344 g/mol. The summed E-state index contributed by atoms with van der Waals surface area (Å²) >= 11 is 0. The fourth-order valence-electron chi connectivity index (χ4n) is 4.25. The average molecular weight is 368 g/mol. The molecule has 2 aromatic rings. The van der Waals surface area contributed by atoms with E-state index in [2.05, 4.69) is 20.1 Å². The summed E-state index contributed by atoms with van der Waals surface area (Å²) in [4.78, 5) is 18.3. The Hall–Kier alpha value is -2.13. The standard InChI is InChI=1S/C19H24N6O2/c26-17-12-25(11-16(17)24-5-7-27-8-6-24)19-14-9-21-10-15(14)22-18(23-19)13-1-3-20-4-2-13/h1-4,16-17,21,26H,5-12H2. The van der Waals surface area contributed by atoms with Gasteiger partial charge < -0.3 is 20.1 Å². The maximum absolute atomic E-state index is 10.7. The van der Waals surface area contributed by atoms with Crippen LogP contribution in [0.5, 0.6) is 0 Å². The third kappa shape index (κ3) is 3.19. The first-order valence-electron chi connectivity index (χ1n) is 9.55. The van der Waals surface area contributed by atoms with Gasteiger partial charge >= 0.3 is 0 Å². The fourth-order valence-corrected chi connectivity index (χ4v) is 4.25. The molecule has 2 atom stereocenters. The summed E-state index contributed by atoms with van der Waals surface area (Å²) in [5, 5.41) is 14.1. The van der Waals surface area contributed by atoms with E-state index in [0.29, 0.717) is 6.54 Å². The molecule has 2 fully saturated rings. The largest absolute Gasteiger partial charge is 0.390 e. The van der Waals surface area contributed by atoms with Crippen molar-refractivity contribution >= 4 is 5.82 Å². The van der Waals surface area contributed by atoms with Gasteiger partial charge in [0.2, 0.25) is 0 Å². The lowest BCUT2D eigenvalue weighted by atomic mass is 10.1. The van der Waals surface area contributed by atoms with Crippen LogP contribution in [0.15, 0.2) is 24.5 Å². The van der Waals surface area contributed by atoms with Crippen LogP contribution in [0.2, 0.25) is 0 Å². The maximum Gasteiger partial charge on any atom is 0.161 e. The summed E-state index contributed by atoms with van der Waals surface area (Å²) in [5.41, 5.74) is 3.17. The van der Waals surface area contributed by atoms with Gasteiger partial charge in [-0.05, 0) is 12.1 Å². The normalized spacial score (nSPS) is 25.7. The van der Waals surface area contributed by atoms with Crippen molar-refractivity contribution in [2.45, 2.75) is 25.2 Å². The van der Waals surface area contributed by atoms with Gasteiger partial charge in [-0.25, -0.2) is 9.97 Å². The Morgan fingerprint density at radius 1 is 1.07 bits per heavy atom. The lowest BCUT2D eigenvalue weighted by Gasteiger charge is -2.33. The van der Waals surface area contributed by atoms with Gasteiger partial charge in [-0.15, -0.1) is 0 Å². The minimum atomic E-state index is -0.382. The highest BCUT2D eigenvalue weighted by Crippen LogP contribution is 2.31. The molecule has 0 aromatic carbocycles. The molecule has 5 heterocycles.